The molecule has 0 aliphatic heterocycles. The predicted molar refractivity (Wildman–Crippen MR) is 62.8 cm³/mol. The third kappa shape index (κ3) is 4.84. The Bertz CT molecular complexity index is 292. The smallest absolute Gasteiger partial charge is 0.333 e. The molecule has 2 N–H and O–H groups in total. The van der Waals surface area contributed by atoms with E-state index in [9.17, 15) is 18.0 Å². The molecule has 1 amide bonds. The van der Waals surface area contributed by atoms with E-state index in [-0.39, 0.29) is 24.4 Å². The van der Waals surface area contributed by atoms with Gasteiger partial charge in [-0.05, 0) is 25.2 Å². The van der Waals surface area contributed by atoms with Gasteiger partial charge in [0.25, 0.3) is 0 Å². The quantitative estimate of drug-likeness (QED) is 0.847. The zero-order valence-corrected chi connectivity index (χ0v) is 10.8. The van der Waals surface area contributed by atoms with E-state index in [1.807, 2.05) is 0 Å². The minimum Gasteiger partial charge on any atom is -0.333 e. The van der Waals surface area contributed by atoms with Crippen LogP contribution in [-0.2, 0) is 4.79 Å². The molecule has 6 heteroatoms. The van der Waals surface area contributed by atoms with Gasteiger partial charge in [0.05, 0.1) is 0 Å². The summed E-state index contributed by atoms with van der Waals surface area (Å²) in [6.07, 6.45) is -2.51. The van der Waals surface area contributed by atoms with Crippen molar-refractivity contribution in [2.24, 2.45) is 17.6 Å². The topological polar surface area (TPSA) is 46.3 Å². The van der Waals surface area contributed by atoms with Gasteiger partial charge in [-0.3, -0.25) is 4.79 Å². The van der Waals surface area contributed by atoms with Gasteiger partial charge in [-0.15, -0.1) is 0 Å². The highest BCUT2D eigenvalue weighted by atomic mass is 19.4. The lowest BCUT2D eigenvalue weighted by Crippen LogP contribution is -2.43. The molecular weight excluding hydrogens is 245 g/mol. The lowest BCUT2D eigenvalue weighted by Gasteiger charge is -2.28. The molecule has 0 aromatic rings. The lowest BCUT2D eigenvalue weighted by molar-refractivity contribution is -0.164. The average Bonchev–Trinajstić information content (AvgIpc) is 2.59. The number of hydrogen-bond acceptors (Lipinski definition) is 2. The van der Waals surface area contributed by atoms with Crippen LogP contribution in [0.1, 0.15) is 33.1 Å². The molecule has 1 rings (SSSR count). The molecule has 18 heavy (non-hydrogen) atoms. The maximum atomic E-state index is 12.5. The number of rotatable bonds is 4. The van der Waals surface area contributed by atoms with Crippen molar-refractivity contribution in [1.29, 1.82) is 0 Å². The molecule has 0 heterocycles. The van der Waals surface area contributed by atoms with Crippen LogP contribution in [0.15, 0.2) is 0 Å². The summed E-state index contributed by atoms with van der Waals surface area (Å²) in [7, 11) is 0. The number of hydrogen-bond donors (Lipinski definition) is 1. The third-order valence-electron chi connectivity index (χ3n) is 3.09. The van der Waals surface area contributed by atoms with Gasteiger partial charge in [-0.1, -0.05) is 13.8 Å². The van der Waals surface area contributed by atoms with Gasteiger partial charge < -0.3 is 10.6 Å². The summed E-state index contributed by atoms with van der Waals surface area (Å²) >= 11 is 0. The highest BCUT2D eigenvalue weighted by Crippen LogP contribution is 2.28. The van der Waals surface area contributed by atoms with E-state index in [1.54, 1.807) is 13.8 Å². The van der Waals surface area contributed by atoms with Crippen molar-refractivity contribution in [2.45, 2.75) is 45.3 Å². The summed E-state index contributed by atoms with van der Waals surface area (Å²) in [6, 6.07) is -0.0502. The molecule has 1 saturated carbocycles. The maximum Gasteiger partial charge on any atom is 0.406 e. The molecule has 0 aromatic heterocycles. The SMILES string of the molecule is CC(C)CN(CC(F)(F)F)C(=O)C1CCC(N)C1. The highest BCUT2D eigenvalue weighted by Gasteiger charge is 2.37. The summed E-state index contributed by atoms with van der Waals surface area (Å²) in [5, 5.41) is 0. The van der Waals surface area contributed by atoms with Crippen molar-refractivity contribution >= 4 is 5.91 Å². The van der Waals surface area contributed by atoms with E-state index >= 15 is 0 Å². The van der Waals surface area contributed by atoms with E-state index in [2.05, 4.69) is 0 Å². The van der Waals surface area contributed by atoms with Crippen LogP contribution in [0.3, 0.4) is 0 Å². The predicted octanol–water partition coefficient (Wildman–Crippen LogP) is 2.16. The highest BCUT2D eigenvalue weighted by molar-refractivity contribution is 5.79. The fourth-order valence-electron chi connectivity index (χ4n) is 2.39. The normalized spacial score (nSPS) is 24.6. The van der Waals surface area contributed by atoms with Crippen molar-refractivity contribution in [1.82, 2.24) is 4.90 Å². The molecule has 1 aliphatic rings. The molecule has 1 aliphatic carbocycles. The van der Waals surface area contributed by atoms with Gasteiger partial charge >= 0.3 is 6.18 Å². The first-order valence-corrected chi connectivity index (χ1v) is 6.30. The van der Waals surface area contributed by atoms with E-state index in [1.165, 1.54) is 0 Å². The second-order valence-electron chi connectivity index (χ2n) is 5.50. The standard InChI is InChI=1S/C12H21F3N2O/c1-8(2)6-17(7-12(13,14)15)11(18)9-3-4-10(16)5-9/h8-10H,3-7,16H2,1-2H3. The summed E-state index contributed by atoms with van der Waals surface area (Å²) in [4.78, 5) is 13.0. The number of nitrogens with two attached hydrogens (primary N) is 1. The molecule has 0 radical (unpaired) electrons. The molecule has 0 saturated heterocycles. The Morgan fingerprint density at radius 2 is 2.00 bits per heavy atom. The molecule has 2 atom stereocenters. The van der Waals surface area contributed by atoms with Crippen LogP contribution >= 0.6 is 0 Å². The first-order chi connectivity index (χ1) is 8.19. The van der Waals surface area contributed by atoms with Crippen LogP contribution in [0.5, 0.6) is 0 Å². The lowest BCUT2D eigenvalue weighted by atomic mass is 10.1. The monoisotopic (exact) mass is 266 g/mol. The Labute approximate surface area is 106 Å². The van der Waals surface area contributed by atoms with Crippen molar-refractivity contribution in [3.05, 3.63) is 0 Å². The Kier molecular flexibility index (Phi) is 5.01. The van der Waals surface area contributed by atoms with Crippen LogP contribution < -0.4 is 5.73 Å². The molecule has 2 unspecified atom stereocenters. The first kappa shape index (κ1) is 15.3. The minimum absolute atomic E-state index is 0.0198. The average molecular weight is 266 g/mol. The van der Waals surface area contributed by atoms with E-state index in [0.717, 1.165) is 11.3 Å². The van der Waals surface area contributed by atoms with Crippen LogP contribution in [0.25, 0.3) is 0 Å². The Morgan fingerprint density at radius 1 is 1.39 bits per heavy atom. The van der Waals surface area contributed by atoms with Crippen molar-refractivity contribution < 1.29 is 18.0 Å². The molecule has 0 spiro atoms. The summed E-state index contributed by atoms with van der Waals surface area (Å²) in [6.45, 7) is 2.59. The third-order valence-corrected chi connectivity index (χ3v) is 3.09. The van der Waals surface area contributed by atoms with Gasteiger partial charge in [0.2, 0.25) is 5.91 Å². The number of halogens is 3. The summed E-state index contributed by atoms with van der Waals surface area (Å²) in [5.74, 6) is -0.707. The van der Waals surface area contributed by atoms with Crippen molar-refractivity contribution in [3.63, 3.8) is 0 Å². The first-order valence-electron chi connectivity index (χ1n) is 6.30. The van der Waals surface area contributed by atoms with Crippen LogP contribution in [0, 0.1) is 11.8 Å². The van der Waals surface area contributed by atoms with E-state index in [4.69, 9.17) is 5.73 Å². The van der Waals surface area contributed by atoms with Crippen LogP contribution in [0.4, 0.5) is 13.2 Å². The molecule has 106 valence electrons. The van der Waals surface area contributed by atoms with Gasteiger partial charge in [-0.25, -0.2) is 0 Å². The zero-order valence-electron chi connectivity index (χ0n) is 10.8. The van der Waals surface area contributed by atoms with Gasteiger partial charge in [-0.2, -0.15) is 13.2 Å². The van der Waals surface area contributed by atoms with Gasteiger partial charge in [0.15, 0.2) is 0 Å². The second kappa shape index (κ2) is 5.91. The Morgan fingerprint density at radius 3 is 2.39 bits per heavy atom. The van der Waals surface area contributed by atoms with E-state index in [0.29, 0.717) is 12.8 Å². The van der Waals surface area contributed by atoms with Gasteiger partial charge in [0.1, 0.15) is 6.54 Å². The molecule has 0 bridgehead atoms. The Hall–Kier alpha value is -0.780. The fraction of sp³-hybridized carbons (Fsp3) is 0.917. The number of carbonyl (C=O) groups is 1. The van der Waals surface area contributed by atoms with E-state index < -0.39 is 18.6 Å². The Balaban J connectivity index is 2.66. The molecular formula is C12H21F3N2O. The second-order valence-corrected chi connectivity index (χ2v) is 5.50. The minimum atomic E-state index is -4.34. The summed E-state index contributed by atoms with van der Waals surface area (Å²) < 4.78 is 37.4. The maximum absolute atomic E-state index is 12.5. The van der Waals surface area contributed by atoms with Gasteiger partial charge in [0, 0.05) is 18.5 Å². The van der Waals surface area contributed by atoms with Crippen LogP contribution in [0.2, 0.25) is 0 Å². The number of carbonyl (C=O) groups excluding carboxylic acids is 1. The zero-order chi connectivity index (χ0) is 13.9. The molecule has 1 fully saturated rings. The summed E-state index contributed by atoms with van der Waals surface area (Å²) in [5.41, 5.74) is 5.70. The number of amides is 1. The van der Waals surface area contributed by atoms with Crippen molar-refractivity contribution in [2.75, 3.05) is 13.1 Å². The van der Waals surface area contributed by atoms with Crippen LogP contribution in [-0.4, -0.2) is 36.1 Å². The fourth-order valence-corrected chi connectivity index (χ4v) is 2.39. The number of alkyl halides is 3. The number of nitrogens with zero attached hydrogens (tertiary/aromatic N) is 1. The largest absolute Gasteiger partial charge is 0.406 e. The van der Waals surface area contributed by atoms with Crippen molar-refractivity contribution in [3.8, 4) is 0 Å². The molecule has 0 aromatic carbocycles. The molecule has 3 nitrogen and oxygen atoms in total.